The Kier molecular flexibility index (Phi) is 6.42. The molecule has 6 nitrogen and oxygen atoms in total. The van der Waals surface area contributed by atoms with E-state index in [9.17, 15) is 15.2 Å². The van der Waals surface area contributed by atoms with Crippen LogP contribution in [0.5, 0.6) is 11.6 Å². The normalized spacial score (nSPS) is 10.9. The smallest absolute Gasteiger partial charge is 0.271 e. The van der Waals surface area contributed by atoms with E-state index in [4.69, 9.17) is 16.3 Å². The number of ether oxygens (including phenoxy) is 1. The molecule has 0 aliphatic rings. The average Bonchev–Trinajstić information content (AvgIpc) is 2.62. The van der Waals surface area contributed by atoms with Crippen LogP contribution in [0.25, 0.3) is 0 Å². The summed E-state index contributed by atoms with van der Waals surface area (Å²) < 4.78 is 6.32. The maximum absolute atomic E-state index is 12.4. The summed E-state index contributed by atoms with van der Waals surface area (Å²) in [6.07, 6.45) is 3.01. The van der Waals surface area contributed by atoms with E-state index in [2.05, 4.69) is 4.99 Å². The molecule has 1 aromatic heterocycles. The highest BCUT2D eigenvalue weighted by Crippen LogP contribution is 2.29. The predicted molar refractivity (Wildman–Crippen MR) is 102 cm³/mol. The summed E-state index contributed by atoms with van der Waals surface area (Å²) in [5, 5.41) is 20.3. The van der Waals surface area contributed by atoms with Gasteiger partial charge in [-0.05, 0) is 37.1 Å². The Hall–Kier alpha value is -2.78. The van der Waals surface area contributed by atoms with Gasteiger partial charge in [-0.2, -0.15) is 5.26 Å². The number of aromatic nitrogens is 1. The molecule has 1 heterocycles. The quantitative estimate of drug-likeness (QED) is 0.776. The van der Waals surface area contributed by atoms with Crippen LogP contribution in [0, 0.1) is 18.3 Å². The van der Waals surface area contributed by atoms with Crippen LogP contribution in [-0.2, 0) is 6.54 Å². The Bertz CT molecular complexity index is 943. The zero-order valence-electron chi connectivity index (χ0n) is 14.9. The number of hydrogen-bond donors (Lipinski definition) is 1. The maximum atomic E-state index is 12.4. The fraction of sp³-hybridized carbons (Fsp3) is 0.316. The molecule has 0 unspecified atom stereocenters. The van der Waals surface area contributed by atoms with Gasteiger partial charge in [-0.3, -0.25) is 14.4 Å². The first kappa shape index (κ1) is 19.5. The molecule has 26 heavy (non-hydrogen) atoms. The first-order valence-electron chi connectivity index (χ1n) is 8.18. The highest BCUT2D eigenvalue weighted by molar-refractivity contribution is 6.32. The molecule has 7 heteroatoms. The maximum Gasteiger partial charge on any atom is 0.271 e. The zero-order valence-corrected chi connectivity index (χ0v) is 15.7. The molecule has 0 amide bonds. The third-order valence-electron chi connectivity index (χ3n) is 4.06. The predicted octanol–water partition coefficient (Wildman–Crippen LogP) is 3.95. The van der Waals surface area contributed by atoms with Crippen LogP contribution in [0.2, 0.25) is 5.02 Å². The van der Waals surface area contributed by atoms with Crippen LogP contribution < -0.4 is 10.3 Å². The molecular formula is C19H20ClN3O3. The fourth-order valence-corrected chi connectivity index (χ4v) is 2.78. The van der Waals surface area contributed by atoms with Crippen LogP contribution in [-0.4, -0.2) is 23.0 Å². The van der Waals surface area contributed by atoms with E-state index in [0.717, 1.165) is 6.42 Å². The van der Waals surface area contributed by atoms with Gasteiger partial charge in [0.15, 0.2) is 0 Å². The number of hydrogen-bond acceptors (Lipinski definition) is 5. The van der Waals surface area contributed by atoms with E-state index in [1.807, 2.05) is 13.0 Å². The van der Waals surface area contributed by atoms with E-state index in [1.54, 1.807) is 25.1 Å². The Morgan fingerprint density at radius 3 is 2.77 bits per heavy atom. The second kappa shape index (κ2) is 8.54. The zero-order chi connectivity index (χ0) is 19.3. The van der Waals surface area contributed by atoms with Crippen molar-refractivity contribution in [2.45, 2.75) is 33.2 Å². The number of aliphatic imine (C=N–C) groups is 1. The number of methoxy groups -OCH3 is 1. The van der Waals surface area contributed by atoms with Crippen LogP contribution >= 0.6 is 11.6 Å². The minimum absolute atomic E-state index is 0.00752. The van der Waals surface area contributed by atoms with Crippen molar-refractivity contribution in [1.29, 1.82) is 5.26 Å². The molecule has 2 aromatic rings. The summed E-state index contributed by atoms with van der Waals surface area (Å²) in [4.78, 5) is 16.7. The second-order valence-electron chi connectivity index (χ2n) is 5.74. The number of nitriles is 1. The van der Waals surface area contributed by atoms with Crippen LogP contribution in [0.1, 0.15) is 36.5 Å². The molecule has 0 fully saturated rings. The lowest BCUT2D eigenvalue weighted by Crippen LogP contribution is -2.25. The summed E-state index contributed by atoms with van der Waals surface area (Å²) >= 11 is 6.09. The molecule has 0 aliphatic heterocycles. The molecule has 0 saturated heterocycles. The number of unbranched alkanes of at least 4 members (excludes halogenated alkanes) is 1. The summed E-state index contributed by atoms with van der Waals surface area (Å²) in [5.74, 6) is 0.341. The van der Waals surface area contributed by atoms with Crippen molar-refractivity contribution < 1.29 is 9.84 Å². The number of benzene rings is 1. The molecule has 0 aliphatic carbocycles. The van der Waals surface area contributed by atoms with Crippen LogP contribution in [0.3, 0.4) is 0 Å². The number of nitrogens with zero attached hydrogens (tertiary/aromatic N) is 3. The lowest BCUT2D eigenvalue weighted by Gasteiger charge is -2.13. The van der Waals surface area contributed by atoms with Gasteiger partial charge in [-0.15, -0.1) is 0 Å². The minimum Gasteiger partial charge on any atom is -0.495 e. The van der Waals surface area contributed by atoms with E-state index in [0.29, 0.717) is 40.6 Å². The third-order valence-corrected chi connectivity index (χ3v) is 4.36. The molecule has 1 aromatic carbocycles. The van der Waals surface area contributed by atoms with Gasteiger partial charge in [0, 0.05) is 12.8 Å². The molecule has 0 bridgehead atoms. The van der Waals surface area contributed by atoms with Crippen molar-refractivity contribution in [2.75, 3.05) is 7.11 Å². The molecule has 1 N–H and O–H groups in total. The molecule has 0 saturated carbocycles. The summed E-state index contributed by atoms with van der Waals surface area (Å²) in [6, 6.07) is 6.95. The molecule has 0 spiro atoms. The minimum atomic E-state index is -0.486. The van der Waals surface area contributed by atoms with Gasteiger partial charge >= 0.3 is 0 Å². The van der Waals surface area contributed by atoms with Gasteiger partial charge in [-0.25, -0.2) is 0 Å². The topological polar surface area (TPSA) is 87.6 Å². The molecule has 2 rings (SSSR count). The van der Waals surface area contributed by atoms with Crippen molar-refractivity contribution in [1.82, 2.24) is 4.57 Å². The number of rotatable bonds is 6. The van der Waals surface area contributed by atoms with E-state index in [-0.39, 0.29) is 11.4 Å². The number of pyridine rings is 1. The summed E-state index contributed by atoms with van der Waals surface area (Å²) in [7, 11) is 1.52. The highest BCUT2D eigenvalue weighted by Gasteiger charge is 2.17. The van der Waals surface area contributed by atoms with Crippen molar-refractivity contribution in [3.63, 3.8) is 0 Å². The summed E-state index contributed by atoms with van der Waals surface area (Å²) in [5.41, 5.74) is 0.809. The standard InChI is InChI=1S/C19H20ClN3O3/c1-4-5-8-23-18(24)14(10-21)12(2)15(19(23)25)11-22-13-6-7-17(26-3)16(20)9-13/h6-7,9,11,25H,4-5,8H2,1-3H3. The lowest BCUT2D eigenvalue weighted by atomic mass is 10.1. The Morgan fingerprint density at radius 2 is 2.19 bits per heavy atom. The van der Waals surface area contributed by atoms with E-state index >= 15 is 0 Å². The van der Waals surface area contributed by atoms with Gasteiger partial charge in [-0.1, -0.05) is 24.9 Å². The van der Waals surface area contributed by atoms with Gasteiger partial charge in [0.2, 0.25) is 5.88 Å². The first-order valence-corrected chi connectivity index (χ1v) is 8.56. The Balaban J connectivity index is 2.53. The van der Waals surface area contributed by atoms with Crippen molar-refractivity contribution in [3.05, 3.63) is 50.3 Å². The number of halogens is 1. The van der Waals surface area contributed by atoms with E-state index in [1.165, 1.54) is 17.9 Å². The fourth-order valence-electron chi connectivity index (χ4n) is 2.52. The highest BCUT2D eigenvalue weighted by atomic mass is 35.5. The second-order valence-corrected chi connectivity index (χ2v) is 6.14. The first-order chi connectivity index (χ1) is 12.4. The average molecular weight is 374 g/mol. The Morgan fingerprint density at radius 1 is 1.46 bits per heavy atom. The molecule has 0 radical (unpaired) electrons. The molecule has 136 valence electrons. The van der Waals surface area contributed by atoms with Gasteiger partial charge < -0.3 is 9.84 Å². The number of aromatic hydroxyl groups is 1. The third kappa shape index (κ3) is 3.89. The lowest BCUT2D eigenvalue weighted by molar-refractivity contribution is 0.399. The van der Waals surface area contributed by atoms with Crippen LogP contribution in [0.4, 0.5) is 5.69 Å². The SMILES string of the molecule is CCCCn1c(O)c(C=Nc2ccc(OC)c(Cl)c2)c(C)c(C#N)c1=O. The van der Waals surface area contributed by atoms with Crippen molar-refractivity contribution >= 4 is 23.5 Å². The largest absolute Gasteiger partial charge is 0.495 e. The summed E-state index contributed by atoms with van der Waals surface area (Å²) in [6.45, 7) is 3.94. The molecule has 0 atom stereocenters. The monoisotopic (exact) mass is 373 g/mol. The van der Waals surface area contributed by atoms with Crippen molar-refractivity contribution in [3.8, 4) is 17.7 Å². The molecular weight excluding hydrogens is 354 g/mol. The van der Waals surface area contributed by atoms with Gasteiger partial charge in [0.05, 0.1) is 23.4 Å². The Labute approximate surface area is 156 Å². The van der Waals surface area contributed by atoms with E-state index < -0.39 is 5.56 Å². The van der Waals surface area contributed by atoms with Crippen LogP contribution in [0.15, 0.2) is 28.0 Å². The van der Waals surface area contributed by atoms with Gasteiger partial charge in [0.1, 0.15) is 17.4 Å². The van der Waals surface area contributed by atoms with Gasteiger partial charge in [0.25, 0.3) is 5.56 Å². The van der Waals surface area contributed by atoms with Crippen molar-refractivity contribution in [2.24, 2.45) is 4.99 Å².